The molecule has 7 nitrogen and oxygen atoms in total. The van der Waals surface area contributed by atoms with E-state index < -0.39 is 10.0 Å². The molecule has 1 N–H and O–H groups in total. The van der Waals surface area contributed by atoms with Gasteiger partial charge in [0.05, 0.1) is 22.2 Å². The number of amides is 1. The molecule has 0 fully saturated rings. The summed E-state index contributed by atoms with van der Waals surface area (Å²) in [6.45, 7) is 3.58. The zero-order valence-electron chi connectivity index (χ0n) is 16.7. The molecule has 0 aliphatic carbocycles. The lowest BCUT2D eigenvalue weighted by atomic mass is 10.1. The molecule has 154 valence electrons. The summed E-state index contributed by atoms with van der Waals surface area (Å²) in [4.78, 5) is 17.0. The van der Waals surface area contributed by atoms with Crippen LogP contribution in [-0.2, 0) is 10.0 Å². The van der Waals surface area contributed by atoms with Crippen molar-refractivity contribution in [3.63, 3.8) is 0 Å². The van der Waals surface area contributed by atoms with E-state index in [1.165, 1.54) is 47.0 Å². The number of benzene rings is 2. The van der Waals surface area contributed by atoms with Gasteiger partial charge in [0.2, 0.25) is 10.0 Å². The maximum Gasteiger partial charge on any atom is 0.257 e. The van der Waals surface area contributed by atoms with Crippen LogP contribution in [0.1, 0.15) is 29.8 Å². The van der Waals surface area contributed by atoms with Crippen LogP contribution in [0.25, 0.3) is 11.3 Å². The Morgan fingerprint density at radius 2 is 1.77 bits per heavy atom. The van der Waals surface area contributed by atoms with Crippen LogP contribution in [0, 0.1) is 11.3 Å². The highest BCUT2D eigenvalue weighted by Gasteiger charge is 2.23. The van der Waals surface area contributed by atoms with Crippen molar-refractivity contribution in [2.75, 3.05) is 12.4 Å². The second-order valence-electron chi connectivity index (χ2n) is 6.82. The largest absolute Gasteiger partial charge is 0.298 e. The van der Waals surface area contributed by atoms with E-state index in [2.05, 4.69) is 16.4 Å². The number of anilines is 1. The summed E-state index contributed by atoms with van der Waals surface area (Å²) in [6.07, 6.45) is 0. The summed E-state index contributed by atoms with van der Waals surface area (Å²) >= 11 is 1.28. The molecule has 0 spiro atoms. The lowest BCUT2D eigenvalue weighted by Gasteiger charge is -2.20. The number of hydrogen-bond donors (Lipinski definition) is 1. The van der Waals surface area contributed by atoms with Crippen LogP contribution in [0.2, 0.25) is 0 Å². The summed E-state index contributed by atoms with van der Waals surface area (Å²) in [5.41, 5.74) is 2.43. The quantitative estimate of drug-likeness (QED) is 0.625. The van der Waals surface area contributed by atoms with Gasteiger partial charge in [0, 0.05) is 29.6 Å². The Morgan fingerprint density at radius 3 is 2.33 bits per heavy atom. The zero-order valence-corrected chi connectivity index (χ0v) is 18.3. The first-order chi connectivity index (χ1) is 14.2. The van der Waals surface area contributed by atoms with E-state index >= 15 is 0 Å². The van der Waals surface area contributed by atoms with Crippen LogP contribution in [0.15, 0.2) is 58.8 Å². The van der Waals surface area contributed by atoms with E-state index in [1.54, 1.807) is 38.1 Å². The molecule has 2 aromatic carbocycles. The average molecular weight is 441 g/mol. The van der Waals surface area contributed by atoms with Crippen molar-refractivity contribution in [3.8, 4) is 17.3 Å². The van der Waals surface area contributed by atoms with Crippen LogP contribution in [0.3, 0.4) is 0 Å². The number of thiazole rings is 1. The minimum absolute atomic E-state index is 0.132. The van der Waals surface area contributed by atoms with Gasteiger partial charge in [-0.2, -0.15) is 9.57 Å². The van der Waals surface area contributed by atoms with Crippen molar-refractivity contribution in [2.24, 2.45) is 0 Å². The fourth-order valence-corrected chi connectivity index (χ4v) is 4.65. The first-order valence-electron chi connectivity index (χ1n) is 9.08. The van der Waals surface area contributed by atoms with Crippen LogP contribution in [-0.4, -0.2) is 36.7 Å². The Bertz CT molecular complexity index is 1190. The lowest BCUT2D eigenvalue weighted by Crippen LogP contribution is -2.33. The molecule has 1 heterocycles. The van der Waals surface area contributed by atoms with Crippen molar-refractivity contribution >= 4 is 32.4 Å². The number of carbonyl (C=O) groups excluding carboxylic acids is 1. The number of sulfonamides is 1. The van der Waals surface area contributed by atoms with Gasteiger partial charge in [0.25, 0.3) is 5.91 Å². The second-order valence-corrected chi connectivity index (χ2v) is 9.68. The highest BCUT2D eigenvalue weighted by Crippen LogP contribution is 2.25. The molecule has 0 aliphatic heterocycles. The Kier molecular flexibility index (Phi) is 6.31. The van der Waals surface area contributed by atoms with E-state index in [1.807, 2.05) is 5.38 Å². The third-order valence-corrected chi connectivity index (χ3v) is 7.36. The van der Waals surface area contributed by atoms with Gasteiger partial charge < -0.3 is 0 Å². The van der Waals surface area contributed by atoms with Crippen molar-refractivity contribution in [1.82, 2.24) is 9.29 Å². The number of carbonyl (C=O) groups is 1. The maximum absolute atomic E-state index is 12.5. The third-order valence-electron chi connectivity index (χ3n) is 4.56. The Hall–Kier alpha value is -3.06. The number of hydrogen-bond acceptors (Lipinski definition) is 6. The Labute approximate surface area is 179 Å². The van der Waals surface area contributed by atoms with Crippen molar-refractivity contribution < 1.29 is 13.2 Å². The Balaban J connectivity index is 1.72. The third kappa shape index (κ3) is 4.57. The SMILES string of the molecule is CC(C)N(C)S(=O)(=O)c1ccc(C(=O)Nc2nc(-c3ccc(C#N)cc3)cs2)cc1. The Morgan fingerprint density at radius 1 is 1.13 bits per heavy atom. The molecule has 1 aromatic heterocycles. The first kappa shape index (κ1) is 21.6. The molecule has 1 amide bonds. The number of nitrogens with zero attached hydrogens (tertiary/aromatic N) is 3. The molecular weight excluding hydrogens is 420 g/mol. The van der Waals surface area contributed by atoms with Gasteiger partial charge in [-0.15, -0.1) is 11.3 Å². The zero-order chi connectivity index (χ0) is 21.9. The number of nitriles is 1. The smallest absolute Gasteiger partial charge is 0.257 e. The van der Waals surface area contributed by atoms with E-state index in [0.29, 0.717) is 22.0 Å². The maximum atomic E-state index is 12.5. The second kappa shape index (κ2) is 8.75. The number of rotatable bonds is 6. The van der Waals surface area contributed by atoms with E-state index in [4.69, 9.17) is 5.26 Å². The predicted molar refractivity (Wildman–Crippen MR) is 117 cm³/mol. The lowest BCUT2D eigenvalue weighted by molar-refractivity contribution is 0.102. The molecular formula is C21H20N4O3S2. The molecule has 0 aliphatic rings. The summed E-state index contributed by atoms with van der Waals surface area (Å²) in [5.74, 6) is -0.378. The van der Waals surface area contributed by atoms with Gasteiger partial charge in [0.15, 0.2) is 5.13 Å². The van der Waals surface area contributed by atoms with Gasteiger partial charge in [-0.1, -0.05) is 12.1 Å². The van der Waals surface area contributed by atoms with Crippen LogP contribution >= 0.6 is 11.3 Å². The predicted octanol–water partition coefficient (Wildman–Crippen LogP) is 3.96. The van der Waals surface area contributed by atoms with Gasteiger partial charge in [-0.25, -0.2) is 13.4 Å². The summed E-state index contributed by atoms with van der Waals surface area (Å²) in [6, 6.07) is 14.7. The van der Waals surface area contributed by atoms with E-state index in [-0.39, 0.29) is 16.8 Å². The van der Waals surface area contributed by atoms with Gasteiger partial charge in [-0.3, -0.25) is 10.1 Å². The average Bonchev–Trinajstić information content (AvgIpc) is 3.21. The fourth-order valence-electron chi connectivity index (χ4n) is 2.57. The van der Waals surface area contributed by atoms with Gasteiger partial charge >= 0.3 is 0 Å². The van der Waals surface area contributed by atoms with E-state index in [9.17, 15) is 13.2 Å². The minimum Gasteiger partial charge on any atom is -0.298 e. The van der Waals surface area contributed by atoms with Crippen LogP contribution < -0.4 is 5.32 Å². The summed E-state index contributed by atoms with van der Waals surface area (Å²) in [5, 5.41) is 13.8. The molecule has 3 rings (SSSR count). The minimum atomic E-state index is -3.60. The summed E-state index contributed by atoms with van der Waals surface area (Å²) in [7, 11) is -2.08. The molecule has 30 heavy (non-hydrogen) atoms. The molecule has 0 atom stereocenters. The van der Waals surface area contributed by atoms with Gasteiger partial charge in [0.1, 0.15) is 0 Å². The highest BCUT2D eigenvalue weighted by molar-refractivity contribution is 7.89. The van der Waals surface area contributed by atoms with Crippen LogP contribution in [0.4, 0.5) is 5.13 Å². The number of nitrogens with one attached hydrogen (secondary N) is 1. The summed E-state index contributed by atoms with van der Waals surface area (Å²) < 4.78 is 26.3. The molecule has 9 heteroatoms. The first-order valence-corrected chi connectivity index (χ1v) is 11.4. The molecule has 0 saturated carbocycles. The van der Waals surface area contributed by atoms with Crippen molar-refractivity contribution in [1.29, 1.82) is 5.26 Å². The molecule has 0 bridgehead atoms. The molecule has 0 radical (unpaired) electrons. The standard InChI is InChI=1S/C21H20N4O3S2/c1-14(2)25(3)30(27,28)18-10-8-17(9-11-18)20(26)24-21-23-19(13-29-21)16-6-4-15(12-22)5-7-16/h4-11,13-14H,1-3H3,(H,23,24,26). The van der Waals surface area contributed by atoms with Crippen molar-refractivity contribution in [2.45, 2.75) is 24.8 Å². The van der Waals surface area contributed by atoms with E-state index in [0.717, 1.165) is 5.56 Å². The number of aromatic nitrogens is 1. The normalized spacial score (nSPS) is 11.5. The molecule has 0 unspecified atom stereocenters. The molecule has 3 aromatic rings. The topological polar surface area (TPSA) is 103 Å². The molecule has 0 saturated heterocycles. The highest BCUT2D eigenvalue weighted by atomic mass is 32.2. The van der Waals surface area contributed by atoms with Gasteiger partial charge in [-0.05, 0) is 50.2 Å². The van der Waals surface area contributed by atoms with Crippen molar-refractivity contribution in [3.05, 3.63) is 65.0 Å². The fraction of sp³-hybridized carbons (Fsp3) is 0.190. The van der Waals surface area contributed by atoms with Crippen LogP contribution in [0.5, 0.6) is 0 Å². The monoisotopic (exact) mass is 440 g/mol.